The van der Waals surface area contributed by atoms with Crippen LogP contribution in [0.25, 0.3) is 0 Å². The van der Waals surface area contributed by atoms with E-state index in [9.17, 15) is 13.2 Å². The standard InChI is InChI=1S/C31H40ClN3O5S.ClH/c1-5-27(39-4)24-11-8-21(24)17-35-18-31(14-6-7-20-15-22(32)9-12-25(20)31)19-40-28-13-10-23(16-26(28)35)41(37,38)34-29(36)30(2,3)33;/h5,9-10,12-13,15-16,21,24,27H,1,6-8,11,14,17-19,33H2,2-4H3,(H,34,36);1H/t21-,24+,27+,31-;/m0./s1. The van der Waals surface area contributed by atoms with E-state index < -0.39 is 21.5 Å². The minimum absolute atomic E-state index is 0. The summed E-state index contributed by atoms with van der Waals surface area (Å²) in [6.45, 7) is 8.74. The molecule has 5 rings (SSSR count). The van der Waals surface area contributed by atoms with Crippen molar-refractivity contribution in [3.05, 3.63) is 65.2 Å². The van der Waals surface area contributed by atoms with Crippen LogP contribution in [0.2, 0.25) is 5.02 Å². The zero-order valence-corrected chi connectivity index (χ0v) is 26.8. The van der Waals surface area contributed by atoms with Gasteiger partial charge in [0.05, 0.1) is 28.8 Å². The third-order valence-electron chi connectivity index (χ3n) is 8.99. The van der Waals surface area contributed by atoms with Gasteiger partial charge >= 0.3 is 0 Å². The first-order valence-corrected chi connectivity index (χ1v) is 16.1. The van der Waals surface area contributed by atoms with Gasteiger partial charge in [-0.2, -0.15) is 0 Å². The largest absolute Gasteiger partial charge is 0.490 e. The Morgan fingerprint density at radius 1 is 1.31 bits per heavy atom. The monoisotopic (exact) mass is 637 g/mol. The van der Waals surface area contributed by atoms with Crippen LogP contribution in [-0.4, -0.2) is 52.8 Å². The van der Waals surface area contributed by atoms with Gasteiger partial charge in [-0.1, -0.05) is 23.7 Å². The molecule has 42 heavy (non-hydrogen) atoms. The summed E-state index contributed by atoms with van der Waals surface area (Å²) in [5.74, 6) is 0.517. The molecule has 2 aromatic rings. The first-order valence-electron chi connectivity index (χ1n) is 14.2. The van der Waals surface area contributed by atoms with E-state index in [1.165, 1.54) is 31.0 Å². The number of hydrogen-bond donors (Lipinski definition) is 2. The number of methoxy groups -OCH3 is 1. The predicted octanol–water partition coefficient (Wildman–Crippen LogP) is 5.00. The first-order chi connectivity index (χ1) is 19.4. The number of nitrogens with two attached hydrogens (primary N) is 1. The number of ether oxygens (including phenoxy) is 2. The van der Waals surface area contributed by atoms with Crippen LogP contribution in [0, 0.1) is 11.8 Å². The second kappa shape index (κ2) is 12.4. The predicted molar refractivity (Wildman–Crippen MR) is 168 cm³/mol. The summed E-state index contributed by atoms with van der Waals surface area (Å²) in [6.07, 6.45) is 6.84. The molecule has 0 saturated heterocycles. The van der Waals surface area contributed by atoms with Crippen molar-refractivity contribution in [1.82, 2.24) is 4.72 Å². The van der Waals surface area contributed by atoms with Crippen molar-refractivity contribution in [3.63, 3.8) is 0 Å². The number of anilines is 1. The van der Waals surface area contributed by atoms with E-state index in [2.05, 4.69) is 28.3 Å². The summed E-state index contributed by atoms with van der Waals surface area (Å²) in [4.78, 5) is 14.7. The number of halogens is 2. The fourth-order valence-electron chi connectivity index (χ4n) is 6.56. The zero-order valence-electron chi connectivity index (χ0n) is 24.4. The van der Waals surface area contributed by atoms with Crippen molar-refractivity contribution >= 4 is 45.6 Å². The highest BCUT2D eigenvalue weighted by Gasteiger charge is 2.44. The third kappa shape index (κ3) is 6.31. The van der Waals surface area contributed by atoms with Crippen LogP contribution in [0.4, 0.5) is 5.69 Å². The molecule has 1 heterocycles. The Morgan fingerprint density at radius 2 is 2.07 bits per heavy atom. The van der Waals surface area contributed by atoms with Gasteiger partial charge in [0.25, 0.3) is 15.9 Å². The highest BCUT2D eigenvalue weighted by atomic mass is 35.5. The molecule has 0 radical (unpaired) electrons. The van der Waals surface area contributed by atoms with Gasteiger partial charge in [-0.05, 0) is 99.2 Å². The lowest BCUT2D eigenvalue weighted by atomic mass is 9.68. The second-order valence-corrected chi connectivity index (χ2v) is 14.4. The third-order valence-corrected chi connectivity index (χ3v) is 10.6. The number of hydrogen-bond acceptors (Lipinski definition) is 7. The molecule has 1 amide bonds. The Balaban J connectivity index is 0.00000405. The van der Waals surface area contributed by atoms with E-state index in [-0.39, 0.29) is 28.8 Å². The molecule has 0 unspecified atom stereocenters. The quantitative estimate of drug-likeness (QED) is 0.392. The zero-order chi connectivity index (χ0) is 29.6. The van der Waals surface area contributed by atoms with E-state index in [0.29, 0.717) is 43.0 Å². The fraction of sp³-hybridized carbons (Fsp3) is 0.516. The highest BCUT2D eigenvalue weighted by Crippen LogP contribution is 2.47. The van der Waals surface area contributed by atoms with Gasteiger partial charge in [0.2, 0.25) is 0 Å². The van der Waals surface area contributed by atoms with Crippen LogP contribution in [0.15, 0.2) is 53.9 Å². The lowest BCUT2D eigenvalue weighted by molar-refractivity contribution is -0.123. The van der Waals surface area contributed by atoms with Crippen molar-refractivity contribution in [2.24, 2.45) is 17.6 Å². The van der Waals surface area contributed by atoms with Gasteiger partial charge in [0.15, 0.2) is 0 Å². The Morgan fingerprint density at radius 3 is 2.71 bits per heavy atom. The van der Waals surface area contributed by atoms with Gasteiger partial charge in [-0.3, -0.25) is 4.79 Å². The van der Waals surface area contributed by atoms with Crippen molar-refractivity contribution < 1.29 is 22.7 Å². The van der Waals surface area contributed by atoms with E-state index in [4.69, 9.17) is 26.8 Å². The molecule has 3 N–H and O–H groups in total. The van der Waals surface area contributed by atoms with E-state index in [0.717, 1.165) is 37.1 Å². The lowest BCUT2D eigenvalue weighted by Crippen LogP contribution is -2.50. The second-order valence-electron chi connectivity index (χ2n) is 12.3. The van der Waals surface area contributed by atoms with Crippen LogP contribution in [-0.2, 0) is 31.4 Å². The number of benzene rings is 2. The molecule has 1 saturated carbocycles. The van der Waals surface area contributed by atoms with Gasteiger partial charge in [0.1, 0.15) is 5.75 Å². The van der Waals surface area contributed by atoms with E-state index in [1.54, 1.807) is 19.2 Å². The molecule has 4 atom stereocenters. The summed E-state index contributed by atoms with van der Waals surface area (Å²) < 4.78 is 40.9. The molecule has 0 bridgehead atoms. The van der Waals surface area contributed by atoms with Crippen molar-refractivity contribution in [2.75, 3.05) is 31.7 Å². The average Bonchev–Trinajstić information content (AvgIpc) is 3.05. The molecule has 8 nitrogen and oxygen atoms in total. The van der Waals surface area contributed by atoms with E-state index >= 15 is 0 Å². The Bertz CT molecular complexity index is 1440. The van der Waals surface area contributed by atoms with Crippen molar-refractivity contribution in [1.29, 1.82) is 0 Å². The molecule has 1 aliphatic heterocycles. The number of amides is 1. The van der Waals surface area contributed by atoms with Crippen molar-refractivity contribution in [3.8, 4) is 5.75 Å². The fourth-order valence-corrected chi connectivity index (χ4v) is 7.89. The molecule has 3 aliphatic rings. The number of aryl methyl sites for hydroxylation is 1. The number of sulfonamides is 1. The summed E-state index contributed by atoms with van der Waals surface area (Å²) in [7, 11) is -2.45. The summed E-state index contributed by atoms with van der Waals surface area (Å²) in [5.41, 5.74) is 7.39. The van der Waals surface area contributed by atoms with Crippen molar-refractivity contribution in [2.45, 2.75) is 67.9 Å². The van der Waals surface area contributed by atoms with Gasteiger partial charge in [-0.25, -0.2) is 13.1 Å². The lowest BCUT2D eigenvalue weighted by Gasteiger charge is -2.46. The maximum Gasteiger partial charge on any atom is 0.264 e. The molecular formula is C31H41Cl2N3O5S. The Labute approximate surface area is 260 Å². The number of nitrogens with zero attached hydrogens (tertiary/aromatic N) is 1. The normalized spacial score (nSPS) is 24.2. The van der Waals surface area contributed by atoms with Gasteiger partial charge < -0.3 is 20.1 Å². The maximum atomic E-state index is 13.3. The minimum atomic E-state index is -4.16. The number of rotatable bonds is 8. The highest BCUT2D eigenvalue weighted by molar-refractivity contribution is 7.90. The number of nitrogens with one attached hydrogen (secondary N) is 1. The first kappa shape index (κ1) is 32.6. The summed E-state index contributed by atoms with van der Waals surface area (Å²) in [5, 5.41) is 0.723. The molecule has 1 spiro atoms. The summed E-state index contributed by atoms with van der Waals surface area (Å²) in [6, 6.07) is 10.9. The maximum absolute atomic E-state index is 13.3. The Kier molecular flexibility index (Phi) is 9.60. The molecule has 0 aromatic heterocycles. The molecule has 1 fully saturated rings. The number of carbonyl (C=O) groups is 1. The van der Waals surface area contributed by atoms with Crippen LogP contribution in [0.5, 0.6) is 5.75 Å². The molecule has 2 aromatic carbocycles. The molecule has 11 heteroatoms. The van der Waals surface area contributed by atoms with Crippen LogP contribution in [0.3, 0.4) is 0 Å². The molecule has 2 aliphatic carbocycles. The smallest absolute Gasteiger partial charge is 0.264 e. The topological polar surface area (TPSA) is 111 Å². The average molecular weight is 639 g/mol. The number of carbonyl (C=O) groups excluding carboxylic acids is 1. The minimum Gasteiger partial charge on any atom is -0.490 e. The van der Waals surface area contributed by atoms with Crippen LogP contribution in [0.1, 0.15) is 50.7 Å². The molecular weight excluding hydrogens is 597 g/mol. The Hall–Kier alpha value is -2.30. The summed E-state index contributed by atoms with van der Waals surface area (Å²) >= 11 is 6.37. The SMILES string of the molecule is C=C[C@@H](OC)[C@@H]1CC[C@H]1CN1C[C@@]2(CCCc3cc(Cl)ccc32)COc2ccc(S(=O)(=O)NC(=O)C(C)(C)N)cc21.Cl. The number of fused-ring (bicyclic) bond motifs is 3. The van der Waals surface area contributed by atoms with E-state index in [1.807, 2.05) is 12.1 Å². The van der Waals surface area contributed by atoms with Crippen LogP contribution >= 0.6 is 24.0 Å². The van der Waals surface area contributed by atoms with Crippen LogP contribution < -0.4 is 20.1 Å². The molecule has 230 valence electrons. The van der Waals surface area contributed by atoms with Gasteiger partial charge in [0, 0.05) is 30.6 Å². The van der Waals surface area contributed by atoms with Gasteiger partial charge in [-0.15, -0.1) is 19.0 Å².